The fourth-order valence-corrected chi connectivity index (χ4v) is 3.98. The summed E-state index contributed by atoms with van der Waals surface area (Å²) in [4.78, 5) is 0. The van der Waals surface area contributed by atoms with Gasteiger partial charge in [-0.25, -0.2) is 0 Å². The van der Waals surface area contributed by atoms with E-state index in [0.717, 1.165) is 17.8 Å². The summed E-state index contributed by atoms with van der Waals surface area (Å²) in [5, 5.41) is 0. The van der Waals surface area contributed by atoms with E-state index in [1.807, 2.05) is 0 Å². The molecule has 0 amide bonds. The second-order valence-electron chi connectivity index (χ2n) is 5.42. The Hall–Kier alpha value is -0.0400. The van der Waals surface area contributed by atoms with E-state index < -0.39 is 0 Å². The summed E-state index contributed by atoms with van der Waals surface area (Å²) in [6.07, 6.45) is 4.11. The molecule has 2 saturated carbocycles. The first kappa shape index (κ1) is 8.55. The van der Waals surface area contributed by atoms with Gasteiger partial charge in [0.2, 0.25) is 0 Å². The molecule has 2 aliphatic rings. The highest BCUT2D eigenvalue weighted by molar-refractivity contribution is 5.07. The summed E-state index contributed by atoms with van der Waals surface area (Å²) < 4.78 is 0. The van der Waals surface area contributed by atoms with Gasteiger partial charge in [0, 0.05) is 6.04 Å². The highest BCUT2D eigenvalue weighted by Gasteiger charge is 2.55. The fraction of sp³-hybridized carbons (Fsp3) is 1.00. The Morgan fingerprint density at radius 2 is 2.08 bits per heavy atom. The Labute approximate surface area is 75.7 Å². The van der Waals surface area contributed by atoms with Crippen molar-refractivity contribution in [3.63, 3.8) is 0 Å². The van der Waals surface area contributed by atoms with E-state index in [2.05, 4.69) is 20.8 Å². The second-order valence-corrected chi connectivity index (χ2v) is 5.42. The van der Waals surface area contributed by atoms with Crippen LogP contribution in [0.3, 0.4) is 0 Å². The average Bonchev–Trinajstić information content (AvgIpc) is 2.38. The van der Waals surface area contributed by atoms with Gasteiger partial charge in [0.25, 0.3) is 0 Å². The average molecular weight is 167 g/mol. The maximum atomic E-state index is 6.18. The largest absolute Gasteiger partial charge is 0.327 e. The minimum absolute atomic E-state index is 0.485. The Kier molecular flexibility index (Phi) is 1.76. The minimum Gasteiger partial charge on any atom is -0.327 e. The molecule has 0 radical (unpaired) electrons. The molecular formula is C11H21N. The Morgan fingerprint density at radius 1 is 1.42 bits per heavy atom. The van der Waals surface area contributed by atoms with Gasteiger partial charge >= 0.3 is 0 Å². The first-order chi connectivity index (χ1) is 5.55. The van der Waals surface area contributed by atoms with Gasteiger partial charge in [0.1, 0.15) is 0 Å². The van der Waals surface area contributed by atoms with Crippen LogP contribution in [0.1, 0.15) is 40.0 Å². The van der Waals surface area contributed by atoms with Crippen molar-refractivity contribution in [2.75, 3.05) is 0 Å². The molecule has 3 unspecified atom stereocenters. The number of fused-ring (bicyclic) bond motifs is 2. The lowest BCUT2D eigenvalue weighted by Gasteiger charge is -2.34. The fourth-order valence-electron chi connectivity index (χ4n) is 3.98. The molecule has 0 aliphatic heterocycles. The normalized spacial score (nSPS) is 52.2. The predicted octanol–water partition coefficient (Wildman–Crippen LogP) is 2.41. The monoisotopic (exact) mass is 167 g/mol. The van der Waals surface area contributed by atoms with Crippen LogP contribution in [0.2, 0.25) is 0 Å². The van der Waals surface area contributed by atoms with E-state index in [1.165, 1.54) is 19.3 Å². The topological polar surface area (TPSA) is 26.0 Å². The first-order valence-corrected chi connectivity index (χ1v) is 5.31. The van der Waals surface area contributed by atoms with Gasteiger partial charge in [0.15, 0.2) is 0 Å². The molecule has 2 bridgehead atoms. The molecular weight excluding hydrogens is 146 g/mol. The summed E-state index contributed by atoms with van der Waals surface area (Å²) in [6, 6.07) is 0.489. The number of hydrogen-bond donors (Lipinski definition) is 1. The first-order valence-electron chi connectivity index (χ1n) is 5.31. The molecule has 2 rings (SSSR count). The molecule has 0 spiro atoms. The molecule has 0 saturated heterocycles. The van der Waals surface area contributed by atoms with E-state index in [9.17, 15) is 0 Å². The van der Waals surface area contributed by atoms with Gasteiger partial charge in [-0.1, -0.05) is 20.8 Å². The van der Waals surface area contributed by atoms with Crippen molar-refractivity contribution in [2.24, 2.45) is 28.9 Å². The third-order valence-electron chi connectivity index (χ3n) is 4.45. The lowest BCUT2D eigenvalue weighted by atomic mass is 9.74. The maximum Gasteiger partial charge on any atom is 0.00985 e. The molecule has 1 heteroatoms. The summed E-state index contributed by atoms with van der Waals surface area (Å²) in [5.74, 6) is 2.69. The number of hydrogen-bond acceptors (Lipinski definition) is 1. The third-order valence-corrected chi connectivity index (χ3v) is 4.45. The van der Waals surface area contributed by atoms with Gasteiger partial charge in [-0.3, -0.25) is 0 Å². The van der Waals surface area contributed by atoms with Crippen molar-refractivity contribution in [3.05, 3.63) is 0 Å². The lowest BCUT2D eigenvalue weighted by Crippen LogP contribution is -2.38. The van der Waals surface area contributed by atoms with E-state index >= 15 is 0 Å². The Morgan fingerprint density at radius 3 is 2.33 bits per heavy atom. The molecule has 12 heavy (non-hydrogen) atoms. The molecule has 2 aliphatic carbocycles. The van der Waals surface area contributed by atoms with Crippen molar-refractivity contribution in [2.45, 2.75) is 46.1 Å². The molecule has 4 atom stereocenters. The van der Waals surface area contributed by atoms with E-state index in [4.69, 9.17) is 5.73 Å². The van der Waals surface area contributed by atoms with Gasteiger partial charge in [-0.15, -0.1) is 0 Å². The summed E-state index contributed by atoms with van der Waals surface area (Å²) in [7, 11) is 0. The smallest absolute Gasteiger partial charge is 0.00985 e. The summed E-state index contributed by atoms with van der Waals surface area (Å²) >= 11 is 0. The molecule has 2 N–H and O–H groups in total. The van der Waals surface area contributed by atoms with Gasteiger partial charge in [-0.05, 0) is 42.4 Å². The quantitative estimate of drug-likeness (QED) is 0.637. The van der Waals surface area contributed by atoms with Crippen LogP contribution in [0, 0.1) is 23.2 Å². The maximum absolute atomic E-state index is 6.18. The second kappa shape index (κ2) is 2.47. The summed E-state index contributed by atoms with van der Waals surface area (Å²) in [5.41, 5.74) is 6.67. The van der Waals surface area contributed by atoms with Crippen LogP contribution < -0.4 is 5.73 Å². The van der Waals surface area contributed by atoms with Crippen molar-refractivity contribution >= 4 is 0 Å². The van der Waals surface area contributed by atoms with E-state index in [0.29, 0.717) is 11.5 Å². The zero-order chi connectivity index (χ0) is 8.93. The van der Waals surface area contributed by atoms with Crippen LogP contribution in [0.4, 0.5) is 0 Å². The molecule has 2 fully saturated rings. The number of nitrogens with two attached hydrogens (primary N) is 1. The molecule has 0 aromatic carbocycles. The highest BCUT2D eigenvalue weighted by Crippen LogP contribution is 2.59. The standard InChI is InChI=1S/C11H21N/c1-7(2)10-8-4-5-11(10,3)9(12)6-8/h7-10H,4-6,12H2,1-3H3/t8?,9-,10?,11?/m0/s1. The van der Waals surface area contributed by atoms with Gasteiger partial charge in [0.05, 0.1) is 0 Å². The van der Waals surface area contributed by atoms with Crippen molar-refractivity contribution in [1.29, 1.82) is 0 Å². The highest BCUT2D eigenvalue weighted by atomic mass is 14.8. The molecule has 0 heterocycles. The van der Waals surface area contributed by atoms with Crippen LogP contribution in [-0.2, 0) is 0 Å². The molecule has 70 valence electrons. The van der Waals surface area contributed by atoms with Crippen molar-refractivity contribution < 1.29 is 0 Å². The molecule has 0 aromatic heterocycles. The predicted molar refractivity (Wildman–Crippen MR) is 51.8 cm³/mol. The zero-order valence-corrected chi connectivity index (χ0v) is 8.51. The van der Waals surface area contributed by atoms with Crippen LogP contribution in [0.25, 0.3) is 0 Å². The Bertz CT molecular complexity index is 187. The summed E-state index contributed by atoms with van der Waals surface area (Å²) in [6.45, 7) is 7.13. The van der Waals surface area contributed by atoms with Gasteiger partial charge in [-0.2, -0.15) is 0 Å². The molecule has 1 nitrogen and oxygen atoms in total. The van der Waals surface area contributed by atoms with E-state index in [1.54, 1.807) is 0 Å². The van der Waals surface area contributed by atoms with Crippen LogP contribution in [-0.4, -0.2) is 6.04 Å². The van der Waals surface area contributed by atoms with E-state index in [-0.39, 0.29) is 0 Å². The van der Waals surface area contributed by atoms with Crippen LogP contribution in [0.5, 0.6) is 0 Å². The van der Waals surface area contributed by atoms with Gasteiger partial charge < -0.3 is 5.73 Å². The van der Waals surface area contributed by atoms with Crippen LogP contribution >= 0.6 is 0 Å². The van der Waals surface area contributed by atoms with Crippen molar-refractivity contribution in [3.8, 4) is 0 Å². The SMILES string of the molecule is CC(C)C1C2CCC1(C)[C@@H](N)C2. The molecule has 0 aromatic rings. The number of rotatable bonds is 1. The zero-order valence-electron chi connectivity index (χ0n) is 8.51. The Balaban J connectivity index is 2.26. The lowest BCUT2D eigenvalue weighted by molar-refractivity contribution is 0.176. The minimum atomic E-state index is 0.485. The third kappa shape index (κ3) is 0.891. The van der Waals surface area contributed by atoms with Crippen LogP contribution in [0.15, 0.2) is 0 Å². The van der Waals surface area contributed by atoms with Crippen molar-refractivity contribution in [1.82, 2.24) is 0 Å².